The van der Waals surface area contributed by atoms with E-state index in [-0.39, 0.29) is 5.78 Å². The Morgan fingerprint density at radius 3 is 1.80 bits per heavy atom. The molecule has 1 N–H and O–H groups in total. The monoisotopic (exact) mass is 274 g/mol. The van der Waals surface area contributed by atoms with Gasteiger partial charge in [0.05, 0.1) is 14.2 Å². The molecule has 0 spiro atoms. The highest BCUT2D eigenvalue weighted by molar-refractivity contribution is 5.99. The lowest BCUT2D eigenvalue weighted by atomic mass is 10.0. The summed E-state index contributed by atoms with van der Waals surface area (Å²) >= 11 is 0. The van der Waals surface area contributed by atoms with Crippen LogP contribution in [0.3, 0.4) is 0 Å². The van der Waals surface area contributed by atoms with E-state index in [4.69, 9.17) is 0 Å². The van der Waals surface area contributed by atoms with E-state index in [1.54, 1.807) is 48.5 Å². The smallest absolute Gasteiger partial charge is 0.195 e. The van der Waals surface area contributed by atoms with Gasteiger partial charge in [-0.1, -0.05) is 60.7 Å². The number of benzene rings is 2. The fourth-order valence-electron chi connectivity index (χ4n) is 1.55. The number of hydrogen-bond donors (Lipinski definition) is 1. The minimum absolute atomic E-state index is 0.271. The first-order valence-corrected chi connectivity index (χ1v) is 6.09. The highest BCUT2D eigenvalue weighted by Gasteiger charge is 2.18. The van der Waals surface area contributed by atoms with E-state index in [0.717, 1.165) is 0 Å². The maximum Gasteiger partial charge on any atom is 0.195 e. The second-order valence-corrected chi connectivity index (χ2v) is 3.88. The molecule has 0 aliphatic carbocycles. The van der Waals surface area contributed by atoms with E-state index >= 15 is 0 Å². The summed E-state index contributed by atoms with van der Waals surface area (Å²) in [6.07, 6.45) is -1.08. The third kappa shape index (κ3) is 4.93. The van der Waals surface area contributed by atoms with Crippen LogP contribution in [0.25, 0.3) is 0 Å². The van der Waals surface area contributed by atoms with Crippen LogP contribution >= 0.6 is 0 Å². The summed E-state index contributed by atoms with van der Waals surface area (Å²) in [6, 6.07) is 17.7. The fourth-order valence-corrected chi connectivity index (χ4v) is 1.55. The van der Waals surface area contributed by atoms with Crippen LogP contribution in [0.4, 0.5) is 0 Å². The van der Waals surface area contributed by atoms with E-state index < -0.39 is 6.10 Å². The molecule has 2 aromatic rings. The van der Waals surface area contributed by atoms with Crippen molar-refractivity contribution in [3.8, 4) is 0 Å². The van der Waals surface area contributed by atoms with Crippen molar-refractivity contribution in [2.45, 2.75) is 6.10 Å². The lowest BCUT2D eigenvalue weighted by Crippen LogP contribution is -2.11. The third-order valence-corrected chi connectivity index (χ3v) is 2.59. The van der Waals surface area contributed by atoms with Gasteiger partial charge >= 0.3 is 0 Å². The predicted octanol–water partition coefficient (Wildman–Crippen LogP) is 2.80. The number of carbonyl (C=O) groups excluding carboxylic acids is 1. The van der Waals surface area contributed by atoms with Crippen molar-refractivity contribution in [2.24, 2.45) is 0 Å². The topological polar surface area (TPSA) is 55.8 Å². The molecule has 0 amide bonds. The molecule has 1 unspecified atom stereocenters. The molecule has 0 aliphatic rings. The van der Waals surface area contributed by atoms with Crippen LogP contribution in [0.15, 0.2) is 60.7 Å². The molecule has 2 rings (SSSR count). The van der Waals surface area contributed by atoms with Crippen molar-refractivity contribution in [3.05, 3.63) is 71.8 Å². The zero-order valence-electron chi connectivity index (χ0n) is 11.5. The van der Waals surface area contributed by atoms with Crippen LogP contribution in [0, 0.1) is 0 Å². The van der Waals surface area contributed by atoms with Crippen LogP contribution in [-0.4, -0.2) is 25.1 Å². The van der Waals surface area contributed by atoms with Crippen LogP contribution in [0.1, 0.15) is 22.0 Å². The maximum absolute atomic E-state index is 11.9. The molecule has 0 saturated heterocycles. The quantitative estimate of drug-likeness (QED) is 0.529. The van der Waals surface area contributed by atoms with Gasteiger partial charge in [-0.3, -0.25) is 4.79 Å². The Hall–Kier alpha value is -2.01. The average molecular weight is 274 g/mol. The first-order valence-electron chi connectivity index (χ1n) is 6.09. The van der Waals surface area contributed by atoms with Crippen molar-refractivity contribution < 1.29 is 19.7 Å². The highest BCUT2D eigenvalue weighted by Crippen LogP contribution is 2.17. The Balaban J connectivity index is 0.000000444. The molecule has 0 aromatic heterocycles. The number of aliphatic hydroxyl groups excluding tert-OH is 1. The Labute approximate surface area is 118 Å². The lowest BCUT2D eigenvalue weighted by Gasteiger charge is -2.09. The zero-order valence-corrected chi connectivity index (χ0v) is 11.5. The van der Waals surface area contributed by atoms with E-state index in [2.05, 4.69) is 9.78 Å². The van der Waals surface area contributed by atoms with Gasteiger partial charge in [0.1, 0.15) is 6.10 Å². The SMILES string of the molecule is COOC.O=C(c1ccccc1)C(O)c1ccccc1. The van der Waals surface area contributed by atoms with Gasteiger partial charge in [-0.15, -0.1) is 0 Å². The van der Waals surface area contributed by atoms with Gasteiger partial charge in [0.25, 0.3) is 0 Å². The van der Waals surface area contributed by atoms with Gasteiger partial charge in [0.2, 0.25) is 0 Å². The fraction of sp³-hybridized carbons (Fsp3) is 0.188. The van der Waals surface area contributed by atoms with Crippen molar-refractivity contribution in [2.75, 3.05) is 14.2 Å². The summed E-state index contributed by atoms with van der Waals surface area (Å²) in [5.74, 6) is -0.271. The van der Waals surface area contributed by atoms with Gasteiger partial charge in [0.15, 0.2) is 5.78 Å². The molecule has 2 aromatic carbocycles. The highest BCUT2D eigenvalue weighted by atomic mass is 17.2. The molecule has 0 aliphatic heterocycles. The average Bonchev–Trinajstić information content (AvgIpc) is 2.55. The van der Waals surface area contributed by atoms with Gasteiger partial charge in [-0.2, -0.15) is 0 Å². The van der Waals surface area contributed by atoms with E-state index in [1.165, 1.54) is 14.2 Å². The molecule has 4 heteroatoms. The molecule has 0 radical (unpaired) electrons. The van der Waals surface area contributed by atoms with Gasteiger partial charge in [0, 0.05) is 5.56 Å². The van der Waals surface area contributed by atoms with Crippen molar-refractivity contribution >= 4 is 5.78 Å². The largest absolute Gasteiger partial charge is 0.380 e. The molecule has 0 saturated carbocycles. The van der Waals surface area contributed by atoms with Gasteiger partial charge < -0.3 is 5.11 Å². The summed E-state index contributed by atoms with van der Waals surface area (Å²) in [7, 11) is 2.92. The first kappa shape index (κ1) is 16.0. The summed E-state index contributed by atoms with van der Waals surface area (Å²) in [4.78, 5) is 20.0. The zero-order chi connectivity index (χ0) is 14.8. The number of aliphatic hydroxyl groups is 1. The van der Waals surface area contributed by atoms with Crippen LogP contribution in [0.5, 0.6) is 0 Å². The summed E-state index contributed by atoms with van der Waals surface area (Å²) in [5.41, 5.74) is 1.15. The number of Topliss-reactive ketones (excluding diaryl/α,β-unsaturated/α-hetero) is 1. The van der Waals surface area contributed by atoms with E-state index in [0.29, 0.717) is 11.1 Å². The Morgan fingerprint density at radius 2 is 1.35 bits per heavy atom. The van der Waals surface area contributed by atoms with Crippen LogP contribution < -0.4 is 0 Å². The summed E-state index contributed by atoms with van der Waals surface area (Å²) < 4.78 is 0. The molecular formula is C16H18O4. The number of ketones is 1. The minimum atomic E-state index is -1.08. The van der Waals surface area contributed by atoms with E-state index in [1.807, 2.05) is 12.1 Å². The standard InChI is InChI=1S/C14H12O2.C2H6O2/c15-13(11-7-3-1-4-8-11)14(16)12-9-5-2-6-10-12;1-3-4-2/h1-10,13,15H;1-2H3. The molecular weight excluding hydrogens is 256 g/mol. The third-order valence-electron chi connectivity index (χ3n) is 2.59. The molecule has 0 fully saturated rings. The second kappa shape index (κ2) is 8.98. The maximum atomic E-state index is 11.9. The molecule has 0 bridgehead atoms. The van der Waals surface area contributed by atoms with Crippen molar-refractivity contribution in [1.29, 1.82) is 0 Å². The minimum Gasteiger partial charge on any atom is -0.380 e. The molecule has 106 valence electrons. The second-order valence-electron chi connectivity index (χ2n) is 3.88. The normalized spacial score (nSPS) is 11.2. The van der Waals surface area contributed by atoms with Crippen LogP contribution in [0.2, 0.25) is 0 Å². The van der Waals surface area contributed by atoms with Crippen molar-refractivity contribution in [3.63, 3.8) is 0 Å². The summed E-state index contributed by atoms with van der Waals surface area (Å²) in [5, 5.41) is 9.89. The van der Waals surface area contributed by atoms with Gasteiger partial charge in [-0.05, 0) is 5.56 Å². The van der Waals surface area contributed by atoms with Crippen LogP contribution in [-0.2, 0) is 9.78 Å². The van der Waals surface area contributed by atoms with Gasteiger partial charge in [-0.25, -0.2) is 9.78 Å². The Morgan fingerprint density at radius 1 is 0.900 bits per heavy atom. The molecule has 1 atom stereocenters. The Bertz CT molecular complexity index is 494. The number of carbonyl (C=O) groups is 1. The Kier molecular flexibility index (Phi) is 7.21. The first-order chi connectivity index (χ1) is 9.70. The van der Waals surface area contributed by atoms with Crippen molar-refractivity contribution in [1.82, 2.24) is 0 Å². The summed E-state index contributed by atoms with van der Waals surface area (Å²) in [6.45, 7) is 0. The predicted molar refractivity (Wildman–Crippen MR) is 76.2 cm³/mol. The molecule has 0 heterocycles. The molecule has 20 heavy (non-hydrogen) atoms. The lowest BCUT2D eigenvalue weighted by molar-refractivity contribution is -0.248. The number of rotatable bonds is 4. The van der Waals surface area contributed by atoms with E-state index in [9.17, 15) is 9.90 Å². The number of hydrogen-bond acceptors (Lipinski definition) is 4. The molecule has 4 nitrogen and oxygen atoms in total.